The number of nitrogens with zero attached hydrogens (tertiary/aromatic N) is 1. The van der Waals surface area contributed by atoms with Gasteiger partial charge in [-0.2, -0.15) is 5.10 Å². The zero-order chi connectivity index (χ0) is 16.9. The van der Waals surface area contributed by atoms with Crippen molar-refractivity contribution in [3.8, 4) is 0 Å². The summed E-state index contributed by atoms with van der Waals surface area (Å²) in [6.07, 6.45) is 2.00. The highest BCUT2D eigenvalue weighted by Crippen LogP contribution is 2.22. The monoisotopic (exact) mass is 420 g/mol. The minimum atomic E-state index is -0.115. The molecular formula is C19H21IN2O. The number of benzene rings is 2. The van der Waals surface area contributed by atoms with Crippen molar-refractivity contribution >= 4 is 34.7 Å². The lowest BCUT2D eigenvalue weighted by Gasteiger charge is -2.19. The van der Waals surface area contributed by atoms with E-state index in [1.54, 1.807) is 6.21 Å². The molecule has 0 spiro atoms. The van der Waals surface area contributed by atoms with Crippen LogP contribution in [-0.2, 0) is 16.6 Å². The third-order valence-corrected chi connectivity index (χ3v) is 4.47. The molecule has 0 aliphatic heterocycles. The van der Waals surface area contributed by atoms with Gasteiger partial charge in [-0.25, -0.2) is 5.43 Å². The third kappa shape index (κ3) is 5.46. The molecule has 2 rings (SSSR count). The number of hydrazone groups is 1. The average molecular weight is 420 g/mol. The Bertz CT molecular complexity index is 700. The van der Waals surface area contributed by atoms with E-state index >= 15 is 0 Å². The largest absolute Gasteiger partial charge is 0.273 e. The molecule has 23 heavy (non-hydrogen) atoms. The lowest BCUT2D eigenvalue weighted by atomic mass is 9.86. The van der Waals surface area contributed by atoms with Crippen LogP contribution in [0.4, 0.5) is 0 Å². The standard InChI is InChI=1S/C19H21IN2O/c1-19(2,3)16-10-8-14(9-11-16)12-18(23)22-21-13-15-6-4-5-7-17(15)20/h4-11,13H,12H2,1-3H3,(H,22,23)/b21-13-. The first-order valence-electron chi connectivity index (χ1n) is 7.52. The topological polar surface area (TPSA) is 41.5 Å². The van der Waals surface area contributed by atoms with Crippen molar-refractivity contribution in [2.75, 3.05) is 0 Å². The van der Waals surface area contributed by atoms with Gasteiger partial charge in [0.1, 0.15) is 0 Å². The van der Waals surface area contributed by atoms with Crippen molar-refractivity contribution < 1.29 is 4.79 Å². The quantitative estimate of drug-likeness (QED) is 0.448. The van der Waals surface area contributed by atoms with E-state index in [0.717, 1.165) is 14.7 Å². The summed E-state index contributed by atoms with van der Waals surface area (Å²) in [5.41, 5.74) is 5.94. The number of nitrogens with one attached hydrogen (secondary N) is 1. The van der Waals surface area contributed by atoms with Gasteiger partial charge in [-0.1, -0.05) is 63.2 Å². The summed E-state index contributed by atoms with van der Waals surface area (Å²) in [5, 5.41) is 4.03. The van der Waals surface area contributed by atoms with Crippen molar-refractivity contribution in [1.82, 2.24) is 5.43 Å². The van der Waals surface area contributed by atoms with E-state index in [9.17, 15) is 4.79 Å². The fourth-order valence-corrected chi connectivity index (χ4v) is 2.63. The Balaban J connectivity index is 1.91. The second-order valence-corrected chi connectivity index (χ2v) is 7.60. The molecule has 0 saturated heterocycles. The van der Waals surface area contributed by atoms with Crippen LogP contribution in [0.3, 0.4) is 0 Å². The minimum Gasteiger partial charge on any atom is -0.273 e. The van der Waals surface area contributed by atoms with E-state index in [1.807, 2.05) is 36.4 Å². The number of hydrogen-bond donors (Lipinski definition) is 1. The molecule has 0 saturated carbocycles. The maximum Gasteiger partial charge on any atom is 0.244 e. The van der Waals surface area contributed by atoms with E-state index in [-0.39, 0.29) is 11.3 Å². The van der Waals surface area contributed by atoms with Gasteiger partial charge in [0.2, 0.25) is 5.91 Å². The van der Waals surface area contributed by atoms with E-state index in [0.29, 0.717) is 6.42 Å². The van der Waals surface area contributed by atoms with E-state index in [2.05, 4.69) is 66.0 Å². The van der Waals surface area contributed by atoms with Crippen molar-refractivity contribution in [2.45, 2.75) is 32.6 Å². The van der Waals surface area contributed by atoms with Crippen LogP contribution in [0.15, 0.2) is 53.6 Å². The highest BCUT2D eigenvalue weighted by Gasteiger charge is 2.13. The summed E-state index contributed by atoms with van der Waals surface area (Å²) in [6.45, 7) is 6.52. The summed E-state index contributed by atoms with van der Waals surface area (Å²) in [6, 6.07) is 16.1. The number of carbonyl (C=O) groups excluding carboxylic acids is 1. The summed E-state index contributed by atoms with van der Waals surface area (Å²) in [5.74, 6) is -0.115. The van der Waals surface area contributed by atoms with Gasteiger partial charge in [-0.15, -0.1) is 0 Å². The summed E-state index contributed by atoms with van der Waals surface area (Å²) in [7, 11) is 0. The Morgan fingerprint density at radius 1 is 1.13 bits per heavy atom. The first-order chi connectivity index (χ1) is 10.9. The zero-order valence-electron chi connectivity index (χ0n) is 13.6. The molecule has 4 heteroatoms. The Kier molecular flexibility index (Phi) is 5.93. The van der Waals surface area contributed by atoms with E-state index < -0.39 is 0 Å². The smallest absolute Gasteiger partial charge is 0.244 e. The van der Waals surface area contributed by atoms with Crippen molar-refractivity contribution in [3.05, 3.63) is 68.8 Å². The normalized spacial score (nSPS) is 11.7. The van der Waals surface area contributed by atoms with Gasteiger partial charge >= 0.3 is 0 Å². The molecule has 3 nitrogen and oxygen atoms in total. The van der Waals surface area contributed by atoms with Crippen LogP contribution in [0.1, 0.15) is 37.5 Å². The Hall–Kier alpha value is -1.69. The predicted octanol–water partition coefficient (Wildman–Crippen LogP) is 4.28. The van der Waals surface area contributed by atoms with Gasteiger partial charge in [-0.05, 0) is 45.2 Å². The van der Waals surface area contributed by atoms with E-state index in [4.69, 9.17) is 0 Å². The SMILES string of the molecule is CC(C)(C)c1ccc(CC(=O)N/N=C\c2ccccc2I)cc1. The molecule has 0 aliphatic rings. The fourth-order valence-electron chi connectivity index (χ4n) is 2.10. The minimum absolute atomic E-state index is 0.115. The molecule has 1 amide bonds. The van der Waals surface area contributed by atoms with Crippen LogP contribution >= 0.6 is 22.6 Å². The van der Waals surface area contributed by atoms with Gasteiger partial charge < -0.3 is 0 Å². The van der Waals surface area contributed by atoms with E-state index in [1.165, 1.54) is 5.56 Å². The molecule has 0 unspecified atom stereocenters. The molecule has 0 aromatic heterocycles. The lowest BCUT2D eigenvalue weighted by Crippen LogP contribution is -2.20. The molecule has 0 radical (unpaired) electrons. The second-order valence-electron chi connectivity index (χ2n) is 6.44. The maximum atomic E-state index is 11.9. The summed E-state index contributed by atoms with van der Waals surface area (Å²) in [4.78, 5) is 11.9. The van der Waals surface area contributed by atoms with Crippen molar-refractivity contribution in [1.29, 1.82) is 0 Å². The highest BCUT2D eigenvalue weighted by atomic mass is 127. The fraction of sp³-hybridized carbons (Fsp3) is 0.263. The van der Waals surface area contributed by atoms with Gasteiger partial charge in [0, 0.05) is 9.13 Å². The second kappa shape index (κ2) is 7.73. The molecule has 2 aromatic rings. The van der Waals surface area contributed by atoms with Crippen molar-refractivity contribution in [3.63, 3.8) is 0 Å². The van der Waals surface area contributed by atoms with Crippen LogP contribution in [0.2, 0.25) is 0 Å². The number of hydrogen-bond acceptors (Lipinski definition) is 2. The Morgan fingerprint density at radius 2 is 1.78 bits per heavy atom. The Morgan fingerprint density at radius 3 is 2.39 bits per heavy atom. The van der Waals surface area contributed by atoms with Crippen molar-refractivity contribution in [2.24, 2.45) is 5.10 Å². The molecule has 0 fully saturated rings. The van der Waals surface area contributed by atoms with Crippen LogP contribution in [0.25, 0.3) is 0 Å². The highest BCUT2D eigenvalue weighted by molar-refractivity contribution is 14.1. The Labute approximate surface area is 151 Å². The van der Waals surface area contributed by atoms with Gasteiger partial charge in [0.25, 0.3) is 0 Å². The summed E-state index contributed by atoms with van der Waals surface area (Å²) < 4.78 is 1.10. The number of rotatable bonds is 4. The van der Waals surface area contributed by atoms with Crippen LogP contribution in [0.5, 0.6) is 0 Å². The molecule has 0 heterocycles. The predicted molar refractivity (Wildman–Crippen MR) is 104 cm³/mol. The van der Waals surface area contributed by atoms with Crippen LogP contribution in [0, 0.1) is 3.57 Å². The third-order valence-electron chi connectivity index (χ3n) is 3.48. The molecule has 120 valence electrons. The molecule has 1 N–H and O–H groups in total. The average Bonchev–Trinajstić information content (AvgIpc) is 2.49. The summed E-state index contributed by atoms with van der Waals surface area (Å²) >= 11 is 2.24. The van der Waals surface area contributed by atoms with Gasteiger partial charge in [-0.3, -0.25) is 4.79 Å². The molecule has 0 bridgehead atoms. The van der Waals surface area contributed by atoms with Gasteiger partial charge in [0.15, 0.2) is 0 Å². The maximum absolute atomic E-state index is 11.9. The molecule has 2 aromatic carbocycles. The first kappa shape index (κ1) is 17.7. The molecular weight excluding hydrogens is 399 g/mol. The van der Waals surface area contributed by atoms with Crippen LogP contribution in [-0.4, -0.2) is 12.1 Å². The van der Waals surface area contributed by atoms with Crippen LogP contribution < -0.4 is 5.43 Å². The van der Waals surface area contributed by atoms with Gasteiger partial charge in [0.05, 0.1) is 12.6 Å². The molecule has 0 atom stereocenters. The first-order valence-corrected chi connectivity index (χ1v) is 8.60. The lowest BCUT2D eigenvalue weighted by molar-refractivity contribution is -0.120. The number of halogens is 1. The number of amides is 1. The zero-order valence-corrected chi connectivity index (χ0v) is 15.8. The number of carbonyl (C=O) groups is 1. The molecule has 0 aliphatic carbocycles.